The summed E-state index contributed by atoms with van der Waals surface area (Å²) < 4.78 is 11.0. The molecule has 2 aliphatic rings. The quantitative estimate of drug-likeness (QED) is 0.655. The maximum Gasteiger partial charge on any atom is 0.234 e. The first-order chi connectivity index (χ1) is 14.7. The number of ether oxygens (including phenoxy) is 2. The van der Waals surface area contributed by atoms with Crippen molar-refractivity contribution in [1.29, 1.82) is 0 Å². The van der Waals surface area contributed by atoms with Gasteiger partial charge in [-0.15, -0.1) is 11.8 Å². The molecule has 1 aliphatic heterocycles. The normalized spacial score (nSPS) is 16.0. The predicted molar refractivity (Wildman–Crippen MR) is 118 cm³/mol. The van der Waals surface area contributed by atoms with Crippen LogP contribution >= 0.6 is 11.8 Å². The number of carbonyl (C=O) groups excluding carboxylic acids is 2. The molecule has 0 atom stereocenters. The molecule has 0 spiro atoms. The van der Waals surface area contributed by atoms with Gasteiger partial charge in [-0.05, 0) is 49.2 Å². The molecule has 2 aromatic carbocycles. The standard InChI is InChI=1S/C23H26N2O4S/c26-22(24-18-8-11-20-21(14-18)29-13-12-28-20)15-30-19-9-6-17(7-10-19)25-23(27)16-4-2-1-3-5-16/h6-11,14,16H,1-5,12-13,15H2,(H,24,26)(H,25,27). The highest BCUT2D eigenvalue weighted by Crippen LogP contribution is 2.32. The molecule has 2 N–H and O–H groups in total. The van der Waals surface area contributed by atoms with E-state index in [0.29, 0.717) is 36.2 Å². The molecule has 2 aromatic rings. The summed E-state index contributed by atoms with van der Waals surface area (Å²) in [5, 5.41) is 5.90. The summed E-state index contributed by atoms with van der Waals surface area (Å²) in [6.45, 7) is 1.05. The number of benzene rings is 2. The van der Waals surface area contributed by atoms with Gasteiger partial charge < -0.3 is 20.1 Å². The number of anilines is 2. The van der Waals surface area contributed by atoms with Crippen molar-refractivity contribution in [3.63, 3.8) is 0 Å². The molecule has 1 saturated carbocycles. The largest absolute Gasteiger partial charge is 0.486 e. The average Bonchev–Trinajstić information content (AvgIpc) is 2.79. The van der Waals surface area contributed by atoms with E-state index in [9.17, 15) is 9.59 Å². The maximum absolute atomic E-state index is 12.3. The zero-order chi connectivity index (χ0) is 20.8. The highest BCUT2D eigenvalue weighted by Gasteiger charge is 2.21. The van der Waals surface area contributed by atoms with Crippen molar-refractivity contribution in [2.75, 3.05) is 29.6 Å². The lowest BCUT2D eigenvalue weighted by atomic mass is 9.88. The molecule has 0 aromatic heterocycles. The number of hydrogen-bond acceptors (Lipinski definition) is 5. The molecule has 158 valence electrons. The molecular weight excluding hydrogens is 400 g/mol. The van der Waals surface area contributed by atoms with Crippen LogP contribution in [0.25, 0.3) is 0 Å². The topological polar surface area (TPSA) is 76.7 Å². The van der Waals surface area contributed by atoms with Crippen molar-refractivity contribution in [2.45, 2.75) is 37.0 Å². The predicted octanol–water partition coefficient (Wildman–Crippen LogP) is 4.71. The first-order valence-corrected chi connectivity index (χ1v) is 11.4. The Labute approximate surface area is 180 Å². The summed E-state index contributed by atoms with van der Waals surface area (Å²) in [7, 11) is 0. The van der Waals surface area contributed by atoms with Gasteiger partial charge in [0.15, 0.2) is 11.5 Å². The summed E-state index contributed by atoms with van der Waals surface area (Å²) >= 11 is 1.45. The summed E-state index contributed by atoms with van der Waals surface area (Å²) in [5.74, 6) is 1.81. The monoisotopic (exact) mass is 426 g/mol. The zero-order valence-corrected chi connectivity index (χ0v) is 17.6. The second-order valence-corrected chi connectivity index (χ2v) is 8.59. The van der Waals surface area contributed by atoms with Crippen molar-refractivity contribution in [3.8, 4) is 11.5 Å². The van der Waals surface area contributed by atoms with Crippen LogP contribution in [0.5, 0.6) is 11.5 Å². The van der Waals surface area contributed by atoms with Crippen molar-refractivity contribution in [3.05, 3.63) is 42.5 Å². The first kappa shape index (κ1) is 20.6. The third kappa shape index (κ3) is 5.48. The second-order valence-electron chi connectivity index (χ2n) is 7.54. The minimum Gasteiger partial charge on any atom is -0.486 e. The fourth-order valence-electron chi connectivity index (χ4n) is 3.71. The Morgan fingerprint density at radius 1 is 0.867 bits per heavy atom. The molecule has 2 amide bonds. The molecule has 7 heteroatoms. The highest BCUT2D eigenvalue weighted by atomic mass is 32.2. The van der Waals surface area contributed by atoms with E-state index < -0.39 is 0 Å². The number of thioether (sulfide) groups is 1. The van der Waals surface area contributed by atoms with E-state index in [4.69, 9.17) is 9.47 Å². The Bertz CT molecular complexity index is 895. The summed E-state index contributed by atoms with van der Waals surface area (Å²) in [6, 6.07) is 13.0. The van der Waals surface area contributed by atoms with Crippen LogP contribution in [-0.2, 0) is 9.59 Å². The Kier molecular flexibility index (Phi) is 6.79. The van der Waals surface area contributed by atoms with E-state index in [1.807, 2.05) is 24.3 Å². The van der Waals surface area contributed by atoms with Gasteiger partial charge in [0, 0.05) is 28.3 Å². The van der Waals surface area contributed by atoms with Crippen LogP contribution in [0.1, 0.15) is 32.1 Å². The molecule has 0 radical (unpaired) electrons. The van der Waals surface area contributed by atoms with Gasteiger partial charge in [0.1, 0.15) is 13.2 Å². The number of rotatable bonds is 6. The Hall–Kier alpha value is -2.67. The van der Waals surface area contributed by atoms with Gasteiger partial charge in [-0.1, -0.05) is 19.3 Å². The Balaban J connectivity index is 1.24. The van der Waals surface area contributed by atoms with Crippen LogP contribution < -0.4 is 20.1 Å². The lowest BCUT2D eigenvalue weighted by Crippen LogP contribution is -2.24. The maximum atomic E-state index is 12.3. The Morgan fingerprint density at radius 3 is 2.33 bits per heavy atom. The lowest BCUT2D eigenvalue weighted by Gasteiger charge is -2.20. The van der Waals surface area contributed by atoms with Gasteiger partial charge in [-0.3, -0.25) is 9.59 Å². The Morgan fingerprint density at radius 2 is 1.57 bits per heavy atom. The molecule has 0 saturated heterocycles. The van der Waals surface area contributed by atoms with Crippen LogP contribution in [0.4, 0.5) is 11.4 Å². The first-order valence-electron chi connectivity index (χ1n) is 10.4. The summed E-state index contributed by atoms with van der Waals surface area (Å²) in [6.07, 6.45) is 5.48. The number of carbonyl (C=O) groups is 2. The minimum absolute atomic E-state index is 0.0913. The second kappa shape index (κ2) is 9.89. The summed E-state index contributed by atoms with van der Waals surface area (Å²) in [4.78, 5) is 25.6. The van der Waals surface area contributed by atoms with Crippen LogP contribution in [0.2, 0.25) is 0 Å². The molecule has 0 unspecified atom stereocenters. The van der Waals surface area contributed by atoms with Crippen LogP contribution in [-0.4, -0.2) is 30.8 Å². The molecular formula is C23H26N2O4S. The van der Waals surface area contributed by atoms with Gasteiger partial charge in [0.2, 0.25) is 11.8 Å². The van der Waals surface area contributed by atoms with Gasteiger partial charge in [-0.2, -0.15) is 0 Å². The van der Waals surface area contributed by atoms with Gasteiger partial charge in [0.25, 0.3) is 0 Å². The van der Waals surface area contributed by atoms with E-state index >= 15 is 0 Å². The molecule has 1 aliphatic carbocycles. The number of fused-ring (bicyclic) bond motifs is 1. The van der Waals surface area contributed by atoms with Crippen LogP contribution in [0, 0.1) is 5.92 Å². The zero-order valence-electron chi connectivity index (χ0n) is 16.8. The SMILES string of the molecule is O=C(CSc1ccc(NC(=O)C2CCCCC2)cc1)Nc1ccc2c(c1)OCCO2. The van der Waals surface area contributed by atoms with Gasteiger partial charge in [0.05, 0.1) is 5.75 Å². The van der Waals surface area contributed by atoms with Crippen LogP contribution in [0.15, 0.2) is 47.4 Å². The molecule has 4 rings (SSSR count). The van der Waals surface area contributed by atoms with Crippen molar-refractivity contribution < 1.29 is 19.1 Å². The van der Waals surface area contributed by atoms with E-state index in [2.05, 4.69) is 10.6 Å². The molecule has 0 bridgehead atoms. The van der Waals surface area contributed by atoms with Gasteiger partial charge >= 0.3 is 0 Å². The van der Waals surface area contributed by atoms with Crippen molar-refractivity contribution in [2.24, 2.45) is 5.92 Å². The van der Waals surface area contributed by atoms with Crippen molar-refractivity contribution in [1.82, 2.24) is 0 Å². The fraction of sp³-hybridized carbons (Fsp3) is 0.391. The van der Waals surface area contributed by atoms with E-state index in [-0.39, 0.29) is 17.7 Å². The van der Waals surface area contributed by atoms with E-state index in [0.717, 1.165) is 36.3 Å². The smallest absolute Gasteiger partial charge is 0.234 e. The third-order valence-corrected chi connectivity index (χ3v) is 6.31. The summed E-state index contributed by atoms with van der Waals surface area (Å²) in [5.41, 5.74) is 1.49. The van der Waals surface area contributed by atoms with Gasteiger partial charge in [-0.25, -0.2) is 0 Å². The minimum atomic E-state index is -0.0913. The molecule has 30 heavy (non-hydrogen) atoms. The molecule has 6 nitrogen and oxygen atoms in total. The lowest BCUT2D eigenvalue weighted by molar-refractivity contribution is -0.120. The molecule has 1 heterocycles. The van der Waals surface area contributed by atoms with E-state index in [1.165, 1.54) is 18.2 Å². The number of hydrogen-bond donors (Lipinski definition) is 2. The molecule has 1 fully saturated rings. The van der Waals surface area contributed by atoms with Crippen molar-refractivity contribution >= 4 is 35.0 Å². The van der Waals surface area contributed by atoms with E-state index in [1.54, 1.807) is 18.2 Å². The van der Waals surface area contributed by atoms with Crippen LogP contribution in [0.3, 0.4) is 0 Å². The number of amides is 2. The highest BCUT2D eigenvalue weighted by molar-refractivity contribution is 8.00. The fourth-order valence-corrected chi connectivity index (χ4v) is 4.41. The average molecular weight is 427 g/mol. The number of nitrogens with one attached hydrogen (secondary N) is 2. The third-order valence-electron chi connectivity index (χ3n) is 5.29.